The van der Waals surface area contributed by atoms with Crippen molar-refractivity contribution in [2.75, 3.05) is 0 Å². The van der Waals surface area contributed by atoms with Crippen molar-refractivity contribution in [1.82, 2.24) is 0 Å². The third-order valence-electron chi connectivity index (χ3n) is 11.4. The molecule has 0 saturated heterocycles. The van der Waals surface area contributed by atoms with Gasteiger partial charge >= 0.3 is 0 Å². The van der Waals surface area contributed by atoms with Crippen molar-refractivity contribution in [3.63, 3.8) is 0 Å². The van der Waals surface area contributed by atoms with E-state index >= 15 is 0 Å². The molecule has 0 aliphatic heterocycles. The minimum Gasteiger partial charge on any atom is -0.414 e. The van der Waals surface area contributed by atoms with Crippen LogP contribution in [-0.2, 0) is 8.85 Å². The topological polar surface area (TPSA) is 18.5 Å². The highest BCUT2D eigenvalue weighted by atomic mass is 28.4. The molecule has 0 aromatic carbocycles. The van der Waals surface area contributed by atoms with E-state index < -0.39 is 16.6 Å². The Kier molecular flexibility index (Phi) is 8.52. The Morgan fingerprint density at radius 2 is 1.65 bits per heavy atom. The van der Waals surface area contributed by atoms with Crippen LogP contribution in [0.1, 0.15) is 105 Å². The molecule has 0 bridgehead atoms. The average Bonchev–Trinajstić information content (AvgIpc) is 3.08. The Morgan fingerprint density at radius 3 is 2.30 bits per heavy atom. The molecule has 3 saturated carbocycles. The van der Waals surface area contributed by atoms with Crippen LogP contribution in [-0.4, -0.2) is 28.3 Å². The van der Waals surface area contributed by atoms with Gasteiger partial charge in [-0.05, 0) is 151 Å². The third kappa shape index (κ3) is 6.54. The molecule has 8 atom stereocenters. The second kappa shape index (κ2) is 10.5. The molecule has 4 rings (SSSR count). The Hall–Kier alpha value is 0.0938. The van der Waals surface area contributed by atoms with Gasteiger partial charge in [-0.15, -0.1) is 0 Å². The molecule has 4 heteroatoms. The second-order valence-corrected chi connectivity index (χ2v) is 25.8. The van der Waals surface area contributed by atoms with Gasteiger partial charge in [0.2, 0.25) is 0 Å². The number of fused-ring (bicyclic) bond motifs is 5. The Morgan fingerprint density at radius 1 is 0.946 bits per heavy atom. The van der Waals surface area contributed by atoms with E-state index in [-0.39, 0.29) is 5.60 Å². The predicted octanol–water partition coefficient (Wildman–Crippen LogP) is 10.2. The minimum absolute atomic E-state index is 0.0328. The van der Waals surface area contributed by atoms with E-state index in [0.29, 0.717) is 16.9 Å². The van der Waals surface area contributed by atoms with Crippen molar-refractivity contribution >= 4 is 16.6 Å². The molecule has 2 nitrogen and oxygen atoms in total. The zero-order chi connectivity index (χ0) is 27.4. The highest BCUT2D eigenvalue weighted by Gasteiger charge is 2.59. The van der Waals surface area contributed by atoms with Crippen molar-refractivity contribution in [3.8, 4) is 0 Å². The van der Waals surface area contributed by atoms with Gasteiger partial charge in [0, 0.05) is 6.10 Å². The van der Waals surface area contributed by atoms with Gasteiger partial charge in [-0.25, -0.2) is 0 Å². The normalized spacial score (nSPS) is 39.4. The summed E-state index contributed by atoms with van der Waals surface area (Å²) in [6.07, 6.45) is 18.2. The zero-order valence-corrected chi connectivity index (χ0v) is 28.6. The fourth-order valence-corrected chi connectivity index (χ4v) is 13.1. The van der Waals surface area contributed by atoms with Crippen LogP contribution in [0.2, 0.25) is 39.3 Å². The van der Waals surface area contributed by atoms with Crippen LogP contribution in [0, 0.1) is 40.4 Å². The van der Waals surface area contributed by atoms with Gasteiger partial charge in [-0.2, -0.15) is 0 Å². The fraction of sp³-hybridized carbons (Fsp3) is 0.939. The van der Waals surface area contributed by atoms with E-state index in [4.69, 9.17) is 8.85 Å². The van der Waals surface area contributed by atoms with E-state index in [0.717, 1.165) is 29.6 Å². The summed E-state index contributed by atoms with van der Waals surface area (Å²) in [6, 6.07) is 0. The van der Waals surface area contributed by atoms with Crippen molar-refractivity contribution in [3.05, 3.63) is 11.6 Å². The van der Waals surface area contributed by atoms with Gasteiger partial charge in [0.05, 0.1) is 5.60 Å². The van der Waals surface area contributed by atoms with E-state index in [1.54, 1.807) is 5.57 Å². The molecule has 0 spiro atoms. The summed E-state index contributed by atoms with van der Waals surface area (Å²) in [5, 5.41) is 0. The fourth-order valence-electron chi connectivity index (χ4n) is 10.1. The zero-order valence-electron chi connectivity index (χ0n) is 26.6. The van der Waals surface area contributed by atoms with Gasteiger partial charge in [0.25, 0.3) is 0 Å². The van der Waals surface area contributed by atoms with Gasteiger partial charge in [0.15, 0.2) is 16.6 Å². The monoisotopic (exact) mass is 546 g/mol. The summed E-state index contributed by atoms with van der Waals surface area (Å²) in [4.78, 5) is 0. The van der Waals surface area contributed by atoms with Crippen LogP contribution in [0.3, 0.4) is 0 Å². The molecular weight excluding hydrogens is 485 g/mol. The molecule has 8 unspecified atom stereocenters. The molecular formula is C33H62O2Si2. The first-order valence-corrected chi connectivity index (χ1v) is 22.8. The standard InChI is InChI=1S/C33H62O2Si2/c1-24(13-12-20-31(2,3)35-37(9,10)11)28-16-17-29-27-15-14-25-23-26(34-36(6,7)8)18-21-32(25,4)30(27)19-22-33(28,29)5/h14,24,26-30H,12-13,15-23H2,1-11H3. The molecule has 0 N–H and O–H groups in total. The molecule has 4 aliphatic rings. The Balaban J connectivity index is 1.39. The van der Waals surface area contributed by atoms with Crippen LogP contribution in [0.4, 0.5) is 0 Å². The number of allylic oxidation sites excluding steroid dienone is 1. The number of hydrogen-bond donors (Lipinski definition) is 0. The minimum atomic E-state index is -1.49. The van der Waals surface area contributed by atoms with Gasteiger partial charge in [-0.3, -0.25) is 0 Å². The smallest absolute Gasteiger partial charge is 0.184 e. The van der Waals surface area contributed by atoms with Crippen LogP contribution in [0.25, 0.3) is 0 Å². The summed E-state index contributed by atoms with van der Waals surface area (Å²) >= 11 is 0. The van der Waals surface area contributed by atoms with Crippen molar-refractivity contribution < 1.29 is 8.85 Å². The van der Waals surface area contributed by atoms with Crippen LogP contribution >= 0.6 is 0 Å². The lowest BCUT2D eigenvalue weighted by Crippen LogP contribution is -2.51. The highest BCUT2D eigenvalue weighted by Crippen LogP contribution is 2.67. The first-order chi connectivity index (χ1) is 16.9. The molecule has 214 valence electrons. The highest BCUT2D eigenvalue weighted by molar-refractivity contribution is 6.70. The number of rotatable bonds is 9. The maximum atomic E-state index is 6.60. The quantitative estimate of drug-likeness (QED) is 0.211. The average molecular weight is 547 g/mol. The molecule has 37 heavy (non-hydrogen) atoms. The third-order valence-corrected chi connectivity index (χ3v) is 13.6. The SMILES string of the molecule is CC(CCCC(C)(C)O[Si](C)(C)C)C1CCC2C3CC=C4CC(O[Si](C)(C)C)CCC4(C)C3CCC12C. The second-order valence-electron chi connectivity index (χ2n) is 16.9. The lowest BCUT2D eigenvalue weighted by Gasteiger charge is -2.58. The first-order valence-electron chi connectivity index (χ1n) is 16.0. The predicted molar refractivity (Wildman–Crippen MR) is 165 cm³/mol. The summed E-state index contributed by atoms with van der Waals surface area (Å²) in [7, 11) is -2.96. The molecule has 0 heterocycles. The molecule has 0 radical (unpaired) electrons. The summed E-state index contributed by atoms with van der Waals surface area (Å²) in [5.74, 6) is 4.53. The van der Waals surface area contributed by atoms with Crippen LogP contribution in [0.15, 0.2) is 11.6 Å². The summed E-state index contributed by atoms with van der Waals surface area (Å²) in [6.45, 7) is 26.6. The summed E-state index contributed by atoms with van der Waals surface area (Å²) in [5.41, 5.74) is 2.81. The Bertz CT molecular complexity index is 836. The van der Waals surface area contributed by atoms with Crippen molar-refractivity contribution in [2.45, 2.75) is 156 Å². The van der Waals surface area contributed by atoms with Gasteiger partial charge < -0.3 is 8.85 Å². The van der Waals surface area contributed by atoms with Crippen molar-refractivity contribution in [2.24, 2.45) is 40.4 Å². The first kappa shape index (κ1) is 30.1. The lowest BCUT2D eigenvalue weighted by molar-refractivity contribution is -0.0565. The molecule has 0 aromatic rings. The maximum Gasteiger partial charge on any atom is 0.184 e. The van der Waals surface area contributed by atoms with Crippen molar-refractivity contribution in [1.29, 1.82) is 0 Å². The van der Waals surface area contributed by atoms with E-state index in [9.17, 15) is 0 Å². The summed E-state index contributed by atoms with van der Waals surface area (Å²) < 4.78 is 13.1. The van der Waals surface area contributed by atoms with Crippen LogP contribution in [0.5, 0.6) is 0 Å². The molecule has 3 fully saturated rings. The lowest BCUT2D eigenvalue weighted by atomic mass is 9.47. The Labute approximate surface area is 233 Å². The number of hydrogen-bond acceptors (Lipinski definition) is 2. The van der Waals surface area contributed by atoms with E-state index in [1.165, 1.54) is 70.6 Å². The molecule has 0 amide bonds. The van der Waals surface area contributed by atoms with E-state index in [1.807, 2.05) is 0 Å². The molecule has 4 aliphatic carbocycles. The van der Waals surface area contributed by atoms with Crippen LogP contribution < -0.4 is 0 Å². The maximum absolute atomic E-state index is 6.60. The largest absolute Gasteiger partial charge is 0.414 e. The molecule has 0 aromatic heterocycles. The van der Waals surface area contributed by atoms with Gasteiger partial charge in [-0.1, -0.05) is 45.3 Å². The van der Waals surface area contributed by atoms with Gasteiger partial charge in [0.1, 0.15) is 0 Å². The van der Waals surface area contributed by atoms with E-state index in [2.05, 4.69) is 80.0 Å².